The van der Waals surface area contributed by atoms with Crippen molar-refractivity contribution < 1.29 is 5.11 Å². The van der Waals surface area contributed by atoms with Crippen LogP contribution in [0.25, 0.3) is 22.3 Å². The number of fused-ring (bicyclic) bond motifs is 1. The van der Waals surface area contributed by atoms with Gasteiger partial charge in [0.05, 0.1) is 11.4 Å². The molecule has 1 aromatic carbocycles. The Balaban J connectivity index is 2.18. The molecule has 0 aliphatic heterocycles. The second kappa shape index (κ2) is 3.52. The van der Waals surface area contributed by atoms with E-state index >= 15 is 0 Å². The van der Waals surface area contributed by atoms with E-state index in [1.54, 1.807) is 24.4 Å². The van der Waals surface area contributed by atoms with Crippen molar-refractivity contribution in [3.8, 4) is 17.1 Å². The number of nitrogens with zero attached hydrogens (tertiary/aromatic N) is 1. The Kier molecular flexibility index (Phi) is 2.01. The third-order valence-electron chi connectivity index (χ3n) is 2.67. The Morgan fingerprint density at radius 3 is 2.82 bits per heavy atom. The normalized spacial score (nSPS) is 10.8. The average molecular weight is 225 g/mol. The number of benzene rings is 1. The van der Waals surface area contributed by atoms with E-state index in [-0.39, 0.29) is 5.75 Å². The molecule has 0 fully saturated rings. The third kappa shape index (κ3) is 1.69. The van der Waals surface area contributed by atoms with Crippen LogP contribution in [0.15, 0.2) is 42.6 Å². The van der Waals surface area contributed by atoms with Crippen molar-refractivity contribution in [3.63, 3.8) is 0 Å². The summed E-state index contributed by atoms with van der Waals surface area (Å²) in [6.07, 6.45) is 1.67. The molecule has 0 bridgehead atoms. The molecule has 4 heteroatoms. The number of rotatable bonds is 1. The summed E-state index contributed by atoms with van der Waals surface area (Å²) >= 11 is 0. The summed E-state index contributed by atoms with van der Waals surface area (Å²) in [5.74, 6) is 0.242. The van der Waals surface area contributed by atoms with Gasteiger partial charge in [-0.05, 0) is 30.3 Å². The maximum absolute atomic E-state index is 9.40. The van der Waals surface area contributed by atoms with Crippen molar-refractivity contribution in [1.29, 1.82) is 0 Å². The van der Waals surface area contributed by atoms with E-state index in [4.69, 9.17) is 5.73 Å². The van der Waals surface area contributed by atoms with E-state index in [9.17, 15) is 5.11 Å². The number of pyridine rings is 1. The molecule has 0 amide bonds. The summed E-state index contributed by atoms with van der Waals surface area (Å²) in [7, 11) is 0. The van der Waals surface area contributed by atoms with Gasteiger partial charge in [0.15, 0.2) is 0 Å². The van der Waals surface area contributed by atoms with Crippen molar-refractivity contribution in [2.24, 2.45) is 0 Å². The van der Waals surface area contributed by atoms with Crippen molar-refractivity contribution in [2.75, 3.05) is 5.73 Å². The van der Waals surface area contributed by atoms with E-state index in [1.165, 1.54) is 0 Å². The topological polar surface area (TPSA) is 74.9 Å². The summed E-state index contributed by atoms with van der Waals surface area (Å²) in [5.41, 5.74) is 8.96. The second-order valence-corrected chi connectivity index (χ2v) is 3.93. The van der Waals surface area contributed by atoms with Gasteiger partial charge in [0, 0.05) is 28.9 Å². The van der Waals surface area contributed by atoms with Crippen LogP contribution in [0.5, 0.6) is 5.75 Å². The van der Waals surface area contributed by atoms with Gasteiger partial charge in [-0.25, -0.2) is 0 Å². The summed E-state index contributed by atoms with van der Waals surface area (Å²) in [4.78, 5) is 7.46. The first-order chi connectivity index (χ1) is 8.22. The van der Waals surface area contributed by atoms with Crippen molar-refractivity contribution >= 4 is 16.6 Å². The predicted molar refractivity (Wildman–Crippen MR) is 67.6 cm³/mol. The van der Waals surface area contributed by atoms with Crippen LogP contribution in [-0.2, 0) is 0 Å². The molecule has 2 aromatic heterocycles. The van der Waals surface area contributed by atoms with Gasteiger partial charge in [0.25, 0.3) is 0 Å². The van der Waals surface area contributed by atoms with Crippen LogP contribution < -0.4 is 5.73 Å². The number of aromatic amines is 1. The molecule has 0 atom stereocenters. The van der Waals surface area contributed by atoms with Crippen LogP contribution >= 0.6 is 0 Å². The molecule has 84 valence electrons. The number of nitrogen functional groups attached to an aromatic ring is 1. The molecule has 0 spiro atoms. The molecule has 4 N–H and O–H groups in total. The first kappa shape index (κ1) is 9.72. The van der Waals surface area contributed by atoms with Gasteiger partial charge in [0.2, 0.25) is 0 Å². The number of aromatic hydroxyl groups is 1. The number of nitrogens with one attached hydrogen (secondary N) is 1. The Morgan fingerprint density at radius 2 is 2.00 bits per heavy atom. The maximum Gasteiger partial charge on any atom is 0.117 e. The molecule has 0 saturated heterocycles. The van der Waals surface area contributed by atoms with Crippen LogP contribution in [-0.4, -0.2) is 15.1 Å². The summed E-state index contributed by atoms with van der Waals surface area (Å²) in [6, 6.07) is 10.7. The fraction of sp³-hybridized carbons (Fsp3) is 0. The standard InChI is InChI=1S/C13H11N3O/c14-9-3-4-15-12(6-9)13-5-8-1-2-10(17)7-11(8)16-13/h1-7,16-17H,(H2,14,15). The first-order valence-corrected chi connectivity index (χ1v) is 5.26. The summed E-state index contributed by atoms with van der Waals surface area (Å²) in [5, 5.41) is 10.4. The zero-order valence-corrected chi connectivity index (χ0v) is 9.01. The lowest BCUT2D eigenvalue weighted by Gasteiger charge is -1.97. The number of phenolic OH excluding ortho intramolecular Hbond substituents is 1. The molecule has 0 saturated carbocycles. The lowest BCUT2D eigenvalue weighted by atomic mass is 10.2. The molecule has 0 radical (unpaired) electrons. The Morgan fingerprint density at radius 1 is 1.12 bits per heavy atom. The molecule has 4 nitrogen and oxygen atoms in total. The van der Waals surface area contributed by atoms with E-state index < -0.39 is 0 Å². The number of anilines is 1. The van der Waals surface area contributed by atoms with E-state index in [0.717, 1.165) is 22.3 Å². The molecular weight excluding hydrogens is 214 g/mol. The number of aromatic nitrogens is 2. The van der Waals surface area contributed by atoms with Gasteiger partial charge < -0.3 is 15.8 Å². The van der Waals surface area contributed by atoms with Crippen LogP contribution in [0.2, 0.25) is 0 Å². The largest absolute Gasteiger partial charge is 0.508 e. The Hall–Kier alpha value is -2.49. The minimum Gasteiger partial charge on any atom is -0.508 e. The quantitative estimate of drug-likeness (QED) is 0.595. The van der Waals surface area contributed by atoms with E-state index in [0.29, 0.717) is 5.69 Å². The highest BCUT2D eigenvalue weighted by molar-refractivity contribution is 5.86. The van der Waals surface area contributed by atoms with Crippen LogP contribution in [0.3, 0.4) is 0 Å². The average Bonchev–Trinajstić information content (AvgIpc) is 2.72. The van der Waals surface area contributed by atoms with Crippen LogP contribution in [0.4, 0.5) is 5.69 Å². The van der Waals surface area contributed by atoms with Crippen LogP contribution in [0, 0.1) is 0 Å². The molecule has 17 heavy (non-hydrogen) atoms. The second-order valence-electron chi connectivity index (χ2n) is 3.93. The number of hydrogen-bond acceptors (Lipinski definition) is 3. The molecule has 0 aliphatic carbocycles. The Bertz CT molecular complexity index is 688. The number of H-pyrrole nitrogens is 1. The molecule has 3 rings (SSSR count). The fourth-order valence-electron chi connectivity index (χ4n) is 1.85. The van der Waals surface area contributed by atoms with E-state index in [1.807, 2.05) is 18.2 Å². The highest BCUT2D eigenvalue weighted by atomic mass is 16.3. The minimum absolute atomic E-state index is 0.242. The molecule has 3 aromatic rings. The monoisotopic (exact) mass is 225 g/mol. The number of phenols is 1. The first-order valence-electron chi connectivity index (χ1n) is 5.26. The molecule has 2 heterocycles. The Labute approximate surface area is 97.7 Å². The maximum atomic E-state index is 9.40. The highest BCUT2D eigenvalue weighted by Gasteiger charge is 2.05. The smallest absolute Gasteiger partial charge is 0.117 e. The zero-order chi connectivity index (χ0) is 11.8. The van der Waals surface area contributed by atoms with Crippen molar-refractivity contribution in [2.45, 2.75) is 0 Å². The number of nitrogens with two attached hydrogens (primary N) is 1. The van der Waals surface area contributed by atoms with Crippen LogP contribution in [0.1, 0.15) is 0 Å². The van der Waals surface area contributed by atoms with Gasteiger partial charge in [-0.15, -0.1) is 0 Å². The molecule has 0 aliphatic rings. The fourth-order valence-corrected chi connectivity index (χ4v) is 1.85. The van der Waals surface area contributed by atoms with Crippen molar-refractivity contribution in [1.82, 2.24) is 9.97 Å². The van der Waals surface area contributed by atoms with Gasteiger partial charge >= 0.3 is 0 Å². The van der Waals surface area contributed by atoms with Gasteiger partial charge in [-0.2, -0.15) is 0 Å². The van der Waals surface area contributed by atoms with Crippen molar-refractivity contribution in [3.05, 3.63) is 42.6 Å². The highest BCUT2D eigenvalue weighted by Crippen LogP contribution is 2.25. The predicted octanol–water partition coefficient (Wildman–Crippen LogP) is 2.52. The summed E-state index contributed by atoms with van der Waals surface area (Å²) < 4.78 is 0. The van der Waals surface area contributed by atoms with Gasteiger partial charge in [-0.1, -0.05) is 0 Å². The third-order valence-corrected chi connectivity index (χ3v) is 2.67. The molecule has 0 unspecified atom stereocenters. The minimum atomic E-state index is 0.242. The SMILES string of the molecule is Nc1ccnc(-c2cc3ccc(O)cc3[nH]2)c1. The lowest BCUT2D eigenvalue weighted by molar-refractivity contribution is 0.476. The van der Waals surface area contributed by atoms with Gasteiger partial charge in [0.1, 0.15) is 5.75 Å². The number of hydrogen-bond donors (Lipinski definition) is 3. The zero-order valence-electron chi connectivity index (χ0n) is 9.01. The lowest BCUT2D eigenvalue weighted by Crippen LogP contribution is -1.88. The molecular formula is C13H11N3O. The van der Waals surface area contributed by atoms with Gasteiger partial charge in [-0.3, -0.25) is 4.98 Å². The summed E-state index contributed by atoms with van der Waals surface area (Å²) in [6.45, 7) is 0. The van der Waals surface area contributed by atoms with E-state index in [2.05, 4.69) is 9.97 Å².